The Morgan fingerprint density at radius 2 is 2.24 bits per heavy atom. The highest BCUT2D eigenvalue weighted by molar-refractivity contribution is 8.18. The van der Waals surface area contributed by atoms with Gasteiger partial charge in [0.15, 0.2) is 5.17 Å². The van der Waals surface area contributed by atoms with Crippen molar-refractivity contribution in [3.8, 4) is 0 Å². The van der Waals surface area contributed by atoms with Crippen LogP contribution < -0.4 is 0 Å². The van der Waals surface area contributed by atoms with Gasteiger partial charge in [0, 0.05) is 31.9 Å². The summed E-state index contributed by atoms with van der Waals surface area (Å²) in [5.41, 5.74) is 2.18. The number of rotatable bonds is 5. The maximum Gasteiger partial charge on any atom is 0.262 e. The molecule has 3 heterocycles. The van der Waals surface area contributed by atoms with Gasteiger partial charge in [-0.3, -0.25) is 9.79 Å². The molecule has 1 amide bonds. The number of benzene rings is 1. The molecular weight excluding hydrogens is 334 g/mol. The molecule has 0 saturated carbocycles. The molecule has 3 aliphatic heterocycles. The SMILES string of the molecule is CC1=C(C(=O)N(Cc2ccccc2)C[C@H]2CCCO2)SC2=NCCN21. The fraction of sp³-hybridized carbons (Fsp3) is 0.474. The summed E-state index contributed by atoms with van der Waals surface area (Å²) in [6.07, 6.45) is 2.26. The van der Waals surface area contributed by atoms with Crippen molar-refractivity contribution in [3.63, 3.8) is 0 Å². The number of ether oxygens (including phenoxy) is 1. The summed E-state index contributed by atoms with van der Waals surface area (Å²) in [5, 5.41) is 0.970. The van der Waals surface area contributed by atoms with Crippen molar-refractivity contribution in [1.29, 1.82) is 0 Å². The predicted octanol–water partition coefficient (Wildman–Crippen LogP) is 2.84. The lowest BCUT2D eigenvalue weighted by Gasteiger charge is -2.26. The second-order valence-electron chi connectivity index (χ2n) is 6.64. The van der Waals surface area contributed by atoms with Crippen LogP contribution in [-0.4, -0.2) is 53.2 Å². The van der Waals surface area contributed by atoms with E-state index >= 15 is 0 Å². The van der Waals surface area contributed by atoms with E-state index in [9.17, 15) is 4.79 Å². The van der Waals surface area contributed by atoms with Gasteiger partial charge < -0.3 is 14.5 Å². The van der Waals surface area contributed by atoms with Gasteiger partial charge >= 0.3 is 0 Å². The highest BCUT2D eigenvalue weighted by atomic mass is 32.2. The number of carbonyl (C=O) groups excluding carboxylic acids is 1. The van der Waals surface area contributed by atoms with Crippen molar-refractivity contribution >= 4 is 22.8 Å². The molecule has 1 saturated heterocycles. The quantitative estimate of drug-likeness (QED) is 0.813. The van der Waals surface area contributed by atoms with Crippen LogP contribution in [0, 0.1) is 0 Å². The Bertz CT molecular complexity index is 711. The standard InChI is InChI=1S/C19H23N3O2S/c1-14-17(25-19-20-9-10-22(14)19)18(23)21(13-16-8-5-11-24-16)12-15-6-3-2-4-7-15/h2-4,6-7,16H,5,8-13H2,1H3/t16-/m1/s1. The maximum absolute atomic E-state index is 13.3. The van der Waals surface area contributed by atoms with Crippen molar-refractivity contribution in [1.82, 2.24) is 9.80 Å². The van der Waals surface area contributed by atoms with E-state index in [0.29, 0.717) is 13.1 Å². The number of aliphatic imine (C=N–C) groups is 1. The molecule has 0 radical (unpaired) electrons. The molecule has 1 atom stereocenters. The molecule has 0 N–H and O–H groups in total. The van der Waals surface area contributed by atoms with E-state index in [1.807, 2.05) is 30.0 Å². The molecule has 0 bridgehead atoms. The number of nitrogens with zero attached hydrogens (tertiary/aromatic N) is 3. The number of hydrogen-bond donors (Lipinski definition) is 0. The van der Waals surface area contributed by atoms with Crippen molar-refractivity contribution in [3.05, 3.63) is 46.5 Å². The zero-order valence-electron chi connectivity index (χ0n) is 14.5. The van der Waals surface area contributed by atoms with Crippen LogP contribution >= 0.6 is 11.8 Å². The number of allylic oxidation sites excluding steroid dienone is 1. The Kier molecular flexibility index (Phi) is 4.81. The smallest absolute Gasteiger partial charge is 0.262 e. The lowest BCUT2D eigenvalue weighted by molar-refractivity contribution is -0.128. The van der Waals surface area contributed by atoms with Crippen molar-refractivity contribution in [2.45, 2.75) is 32.4 Å². The van der Waals surface area contributed by atoms with Gasteiger partial charge in [-0.2, -0.15) is 0 Å². The molecule has 25 heavy (non-hydrogen) atoms. The first-order valence-electron chi connectivity index (χ1n) is 8.88. The Hall–Kier alpha value is -1.79. The molecule has 0 spiro atoms. The molecule has 0 unspecified atom stereocenters. The molecule has 3 aliphatic rings. The predicted molar refractivity (Wildman–Crippen MR) is 100 cm³/mol. The van der Waals surface area contributed by atoms with Crippen LogP contribution in [0.15, 0.2) is 45.9 Å². The molecule has 6 heteroatoms. The third-order valence-corrected chi connectivity index (χ3v) is 6.08. The van der Waals surface area contributed by atoms with Crippen molar-refractivity contribution < 1.29 is 9.53 Å². The third-order valence-electron chi connectivity index (χ3n) is 4.87. The number of thioether (sulfide) groups is 1. The van der Waals surface area contributed by atoms with E-state index in [0.717, 1.165) is 53.9 Å². The summed E-state index contributed by atoms with van der Waals surface area (Å²) in [4.78, 5) is 22.7. The van der Waals surface area contributed by atoms with Crippen LogP contribution in [0.2, 0.25) is 0 Å². The van der Waals surface area contributed by atoms with Gasteiger partial charge in [-0.25, -0.2) is 0 Å². The third kappa shape index (κ3) is 3.46. The second-order valence-corrected chi connectivity index (χ2v) is 7.62. The maximum atomic E-state index is 13.3. The summed E-state index contributed by atoms with van der Waals surface area (Å²) in [5.74, 6) is 0.0963. The zero-order valence-corrected chi connectivity index (χ0v) is 15.3. The molecule has 0 aliphatic carbocycles. The van der Waals surface area contributed by atoms with E-state index in [4.69, 9.17) is 4.74 Å². The van der Waals surface area contributed by atoms with Crippen LogP contribution in [0.1, 0.15) is 25.3 Å². The molecule has 5 nitrogen and oxygen atoms in total. The summed E-state index contributed by atoms with van der Waals surface area (Å²) in [7, 11) is 0. The molecular formula is C19H23N3O2S. The Morgan fingerprint density at radius 3 is 2.96 bits per heavy atom. The monoisotopic (exact) mass is 357 g/mol. The van der Waals surface area contributed by atoms with Crippen LogP contribution in [-0.2, 0) is 16.1 Å². The molecule has 1 fully saturated rings. The largest absolute Gasteiger partial charge is 0.376 e. The molecule has 1 aromatic rings. The highest BCUT2D eigenvalue weighted by Crippen LogP contribution is 2.37. The summed E-state index contributed by atoms with van der Waals surface area (Å²) >= 11 is 1.52. The van der Waals surface area contributed by atoms with Gasteiger partial charge in [-0.05, 0) is 37.1 Å². The molecule has 4 rings (SSSR count). The van der Waals surface area contributed by atoms with Crippen molar-refractivity contribution in [2.24, 2.45) is 4.99 Å². The van der Waals surface area contributed by atoms with Gasteiger partial charge in [0.05, 0.1) is 17.6 Å². The lowest BCUT2D eigenvalue weighted by atomic mass is 10.1. The minimum absolute atomic E-state index is 0.0963. The van der Waals surface area contributed by atoms with E-state index in [2.05, 4.69) is 22.0 Å². The molecule has 0 aromatic heterocycles. The Balaban J connectivity index is 1.55. The topological polar surface area (TPSA) is 45.1 Å². The first-order valence-corrected chi connectivity index (χ1v) is 9.69. The fourth-order valence-corrected chi connectivity index (χ4v) is 4.66. The van der Waals surface area contributed by atoms with Gasteiger partial charge in [0.25, 0.3) is 5.91 Å². The highest BCUT2D eigenvalue weighted by Gasteiger charge is 2.35. The number of fused-ring (bicyclic) bond motifs is 1. The van der Waals surface area contributed by atoms with Crippen LogP contribution in [0.25, 0.3) is 0 Å². The van der Waals surface area contributed by atoms with Crippen LogP contribution in [0.5, 0.6) is 0 Å². The first-order chi connectivity index (χ1) is 12.2. The van der Waals surface area contributed by atoms with Crippen LogP contribution in [0.4, 0.5) is 0 Å². The van der Waals surface area contributed by atoms with Crippen molar-refractivity contribution in [2.75, 3.05) is 26.2 Å². The van der Waals surface area contributed by atoms with Crippen LogP contribution in [0.3, 0.4) is 0 Å². The Morgan fingerprint density at radius 1 is 1.40 bits per heavy atom. The van der Waals surface area contributed by atoms with Gasteiger partial charge in [-0.15, -0.1) is 0 Å². The zero-order chi connectivity index (χ0) is 17.2. The number of carbonyl (C=O) groups is 1. The number of hydrogen-bond acceptors (Lipinski definition) is 5. The van der Waals surface area contributed by atoms with E-state index in [-0.39, 0.29) is 12.0 Å². The Labute approximate surface area is 152 Å². The van der Waals surface area contributed by atoms with Gasteiger partial charge in [0.2, 0.25) is 0 Å². The summed E-state index contributed by atoms with van der Waals surface area (Å²) < 4.78 is 5.78. The van der Waals surface area contributed by atoms with Gasteiger partial charge in [0.1, 0.15) is 0 Å². The summed E-state index contributed by atoms with van der Waals surface area (Å²) in [6, 6.07) is 10.2. The van der Waals surface area contributed by atoms with E-state index in [1.54, 1.807) is 0 Å². The van der Waals surface area contributed by atoms with E-state index < -0.39 is 0 Å². The fourth-order valence-electron chi connectivity index (χ4n) is 3.51. The average Bonchev–Trinajstić information content (AvgIpc) is 3.35. The first kappa shape index (κ1) is 16.7. The number of amidine groups is 1. The average molecular weight is 357 g/mol. The lowest BCUT2D eigenvalue weighted by Crippen LogP contribution is -2.37. The molecule has 132 valence electrons. The minimum Gasteiger partial charge on any atom is -0.376 e. The molecule has 1 aromatic carbocycles. The second kappa shape index (κ2) is 7.22. The minimum atomic E-state index is 0.0963. The normalized spacial score (nSPS) is 22.4. The van der Waals surface area contributed by atoms with E-state index in [1.165, 1.54) is 11.8 Å². The number of amides is 1. The van der Waals surface area contributed by atoms with Gasteiger partial charge in [-0.1, -0.05) is 30.3 Å². The summed E-state index contributed by atoms with van der Waals surface area (Å²) in [6.45, 7) is 5.81.